The van der Waals surface area contributed by atoms with Crippen molar-refractivity contribution in [1.29, 1.82) is 0 Å². The van der Waals surface area contributed by atoms with E-state index in [1.54, 1.807) is 0 Å². The average molecular weight is 368 g/mol. The lowest BCUT2D eigenvalue weighted by atomic mass is 10.0. The molecule has 146 valence electrons. The lowest BCUT2D eigenvalue weighted by Crippen LogP contribution is -1.98. The van der Waals surface area contributed by atoms with Gasteiger partial charge in [-0.15, -0.1) is 0 Å². The van der Waals surface area contributed by atoms with Crippen molar-refractivity contribution in [3.63, 3.8) is 0 Å². The van der Waals surface area contributed by atoms with Crippen molar-refractivity contribution in [2.45, 2.75) is 71.1 Å². The first-order chi connectivity index (χ1) is 13.2. The van der Waals surface area contributed by atoms with Gasteiger partial charge in [-0.2, -0.15) is 0 Å². The highest BCUT2D eigenvalue weighted by Crippen LogP contribution is 2.20. The molecule has 0 N–H and O–H groups in total. The number of fused-ring (bicyclic) bond motifs is 1. The molecule has 3 heteroatoms. The minimum absolute atomic E-state index is 0.112. The molecule has 0 saturated heterocycles. The zero-order valence-corrected chi connectivity index (χ0v) is 16.9. The molecule has 0 unspecified atom stereocenters. The van der Waals surface area contributed by atoms with Gasteiger partial charge in [0.1, 0.15) is 0 Å². The van der Waals surface area contributed by atoms with Gasteiger partial charge >= 0.3 is 5.97 Å². The van der Waals surface area contributed by atoms with Crippen LogP contribution in [-0.4, -0.2) is 18.1 Å². The number of esters is 1. The van der Waals surface area contributed by atoms with E-state index in [1.165, 1.54) is 43.7 Å². The molecule has 0 fully saturated rings. The van der Waals surface area contributed by atoms with E-state index < -0.39 is 0 Å². The number of aromatic nitrogens is 1. The number of ether oxygens (including phenoxy) is 1. The summed E-state index contributed by atoms with van der Waals surface area (Å²) in [6.07, 6.45) is 15.2. The predicted molar refractivity (Wildman–Crippen MR) is 114 cm³/mol. The highest BCUT2D eigenvalue weighted by molar-refractivity contribution is 5.80. The largest absolute Gasteiger partial charge is 0.469 e. The maximum absolute atomic E-state index is 11.1. The number of aryl methyl sites for hydroxylation is 1. The highest BCUT2D eigenvalue weighted by atomic mass is 16.5. The Balaban J connectivity index is 1.94. The molecular formula is C24H33NO2. The van der Waals surface area contributed by atoms with Crippen molar-refractivity contribution in [3.8, 4) is 0 Å². The molecule has 0 aliphatic rings. The van der Waals surface area contributed by atoms with Gasteiger partial charge in [0.2, 0.25) is 0 Å². The number of hydrogen-bond donors (Lipinski definition) is 0. The smallest absolute Gasteiger partial charge is 0.305 e. The molecule has 0 spiro atoms. The number of para-hydroxylation sites is 1. The number of benzene rings is 1. The van der Waals surface area contributed by atoms with Crippen LogP contribution in [0.25, 0.3) is 17.0 Å². The summed E-state index contributed by atoms with van der Waals surface area (Å²) in [7, 11) is 1.45. The molecule has 0 amide bonds. The van der Waals surface area contributed by atoms with Crippen molar-refractivity contribution in [1.82, 2.24) is 4.98 Å². The van der Waals surface area contributed by atoms with Gasteiger partial charge in [0.05, 0.1) is 18.3 Å². The van der Waals surface area contributed by atoms with Crippen LogP contribution in [-0.2, 0) is 16.0 Å². The Hall–Kier alpha value is -2.16. The molecule has 3 nitrogen and oxygen atoms in total. The molecule has 0 aliphatic carbocycles. The molecule has 0 bridgehead atoms. The van der Waals surface area contributed by atoms with Gasteiger partial charge in [0, 0.05) is 11.8 Å². The molecule has 0 radical (unpaired) electrons. The Bertz CT molecular complexity index is 736. The Kier molecular flexibility index (Phi) is 9.61. The Morgan fingerprint density at radius 3 is 2.70 bits per heavy atom. The van der Waals surface area contributed by atoms with Gasteiger partial charge in [-0.05, 0) is 55.9 Å². The third-order valence-corrected chi connectivity index (χ3v) is 4.89. The number of carbonyl (C=O) groups excluding carboxylic acids is 1. The van der Waals surface area contributed by atoms with E-state index in [4.69, 9.17) is 4.98 Å². The summed E-state index contributed by atoms with van der Waals surface area (Å²) >= 11 is 0. The van der Waals surface area contributed by atoms with Crippen LogP contribution in [0.15, 0.2) is 36.4 Å². The third-order valence-electron chi connectivity index (χ3n) is 4.89. The Morgan fingerprint density at radius 1 is 1.07 bits per heavy atom. The fourth-order valence-corrected chi connectivity index (χ4v) is 3.27. The molecular weight excluding hydrogens is 334 g/mol. The summed E-state index contributed by atoms with van der Waals surface area (Å²) in [6.45, 7) is 2.25. The summed E-state index contributed by atoms with van der Waals surface area (Å²) in [4.78, 5) is 16.0. The van der Waals surface area contributed by atoms with Crippen molar-refractivity contribution in [2.24, 2.45) is 0 Å². The maximum atomic E-state index is 11.1. The number of unbranched alkanes of at least 4 members (excludes halogenated alkanes) is 6. The summed E-state index contributed by atoms with van der Waals surface area (Å²) in [5.74, 6) is -0.112. The fourth-order valence-electron chi connectivity index (χ4n) is 3.27. The van der Waals surface area contributed by atoms with Gasteiger partial charge in [-0.3, -0.25) is 4.79 Å². The van der Waals surface area contributed by atoms with E-state index in [0.717, 1.165) is 43.3 Å². The zero-order valence-electron chi connectivity index (χ0n) is 16.9. The fraction of sp³-hybridized carbons (Fsp3) is 0.500. The standard InChI is InChI=1S/C24H33NO2/c1-3-4-5-9-14-20-19-21-15-12-13-17-23(21)25-22(20)16-10-7-6-8-11-18-24(26)27-2/h10,12-13,15-17,19H,3-9,11,14,18H2,1-2H3/b16-10+. The van der Waals surface area contributed by atoms with E-state index in [-0.39, 0.29) is 5.97 Å². The van der Waals surface area contributed by atoms with Crippen molar-refractivity contribution in [3.05, 3.63) is 47.7 Å². The summed E-state index contributed by atoms with van der Waals surface area (Å²) < 4.78 is 4.67. The monoisotopic (exact) mass is 367 g/mol. The number of carbonyl (C=O) groups is 1. The minimum Gasteiger partial charge on any atom is -0.469 e. The summed E-state index contributed by atoms with van der Waals surface area (Å²) in [6, 6.07) is 10.7. The second-order valence-corrected chi connectivity index (χ2v) is 7.11. The molecule has 2 aromatic rings. The quantitative estimate of drug-likeness (QED) is 0.318. The second kappa shape index (κ2) is 12.3. The number of methoxy groups -OCH3 is 1. The van der Waals surface area contributed by atoms with Crippen LogP contribution in [0.5, 0.6) is 0 Å². The lowest BCUT2D eigenvalue weighted by Gasteiger charge is -2.08. The first-order valence-electron chi connectivity index (χ1n) is 10.4. The molecule has 1 heterocycles. The van der Waals surface area contributed by atoms with E-state index in [9.17, 15) is 4.79 Å². The lowest BCUT2D eigenvalue weighted by molar-refractivity contribution is -0.140. The molecule has 0 atom stereocenters. The topological polar surface area (TPSA) is 39.2 Å². The number of nitrogens with zero attached hydrogens (tertiary/aromatic N) is 1. The van der Waals surface area contributed by atoms with E-state index >= 15 is 0 Å². The van der Waals surface area contributed by atoms with E-state index in [0.29, 0.717) is 6.42 Å². The van der Waals surface area contributed by atoms with Crippen LogP contribution in [0.3, 0.4) is 0 Å². The van der Waals surface area contributed by atoms with Crippen molar-refractivity contribution in [2.75, 3.05) is 7.11 Å². The van der Waals surface area contributed by atoms with Crippen molar-refractivity contribution < 1.29 is 9.53 Å². The molecule has 0 aliphatic heterocycles. The van der Waals surface area contributed by atoms with Gasteiger partial charge < -0.3 is 4.74 Å². The highest BCUT2D eigenvalue weighted by Gasteiger charge is 2.05. The minimum atomic E-state index is -0.112. The number of allylic oxidation sites excluding steroid dienone is 1. The molecule has 27 heavy (non-hydrogen) atoms. The van der Waals surface area contributed by atoms with Crippen LogP contribution in [0.4, 0.5) is 0 Å². The normalized spacial score (nSPS) is 11.3. The van der Waals surface area contributed by atoms with E-state index in [2.05, 4.69) is 48.1 Å². The molecule has 2 rings (SSSR count). The number of pyridine rings is 1. The Labute approximate surface area is 163 Å². The summed E-state index contributed by atoms with van der Waals surface area (Å²) in [5, 5.41) is 1.22. The molecule has 0 saturated carbocycles. The number of rotatable bonds is 12. The second-order valence-electron chi connectivity index (χ2n) is 7.11. The number of hydrogen-bond acceptors (Lipinski definition) is 3. The summed E-state index contributed by atoms with van der Waals surface area (Å²) in [5.41, 5.74) is 3.53. The molecule has 1 aromatic carbocycles. The van der Waals surface area contributed by atoms with Gasteiger partial charge in [0.25, 0.3) is 0 Å². The van der Waals surface area contributed by atoms with Gasteiger partial charge in [-0.1, -0.05) is 56.9 Å². The zero-order chi connectivity index (χ0) is 19.3. The first-order valence-corrected chi connectivity index (χ1v) is 10.4. The van der Waals surface area contributed by atoms with Crippen molar-refractivity contribution >= 4 is 22.9 Å². The Morgan fingerprint density at radius 2 is 1.89 bits per heavy atom. The molecule has 1 aromatic heterocycles. The third kappa shape index (κ3) is 7.54. The van der Waals surface area contributed by atoms with Gasteiger partial charge in [-0.25, -0.2) is 4.98 Å². The van der Waals surface area contributed by atoms with Crippen LogP contribution in [0.2, 0.25) is 0 Å². The maximum Gasteiger partial charge on any atom is 0.305 e. The van der Waals surface area contributed by atoms with Crippen LogP contribution >= 0.6 is 0 Å². The van der Waals surface area contributed by atoms with Crippen LogP contribution in [0, 0.1) is 0 Å². The van der Waals surface area contributed by atoms with Crippen LogP contribution in [0.1, 0.15) is 76.0 Å². The van der Waals surface area contributed by atoms with E-state index in [1.807, 2.05) is 6.07 Å². The average Bonchev–Trinajstić information content (AvgIpc) is 2.70. The van der Waals surface area contributed by atoms with Crippen LogP contribution < -0.4 is 0 Å². The SMILES string of the molecule is CCCCCCc1cc2ccccc2nc1/C=C/CCCCCC(=O)OC. The first kappa shape index (κ1) is 21.1. The van der Waals surface area contributed by atoms with Gasteiger partial charge in [0.15, 0.2) is 0 Å². The predicted octanol–water partition coefficient (Wildman–Crippen LogP) is 6.49.